The highest BCUT2D eigenvalue weighted by molar-refractivity contribution is 6.07. The van der Waals surface area contributed by atoms with Crippen LogP contribution in [0.5, 0.6) is 0 Å². The second-order valence-corrected chi connectivity index (χ2v) is 7.86. The maximum Gasteiger partial charge on any atom is 0.269 e. The van der Waals surface area contributed by atoms with Crippen LogP contribution in [0.15, 0.2) is 78.9 Å². The first-order chi connectivity index (χ1) is 15.4. The van der Waals surface area contributed by atoms with Gasteiger partial charge in [0.05, 0.1) is 11.0 Å². The number of amides is 2. The van der Waals surface area contributed by atoms with E-state index in [2.05, 4.69) is 0 Å². The Balaban J connectivity index is 1.83. The molecule has 7 nitrogen and oxygen atoms in total. The SMILES string of the molecule is CC(=O)N1c2ccccc2[C@@H](N(C(=O)c2ccc([N+](=O)[O-])cc2)c2ccccc2)C[C@H]1C. The zero-order chi connectivity index (χ0) is 22.8. The average molecular weight is 429 g/mol. The highest BCUT2D eigenvalue weighted by atomic mass is 16.6. The molecule has 0 aromatic heterocycles. The van der Waals surface area contributed by atoms with Crippen molar-refractivity contribution in [2.24, 2.45) is 0 Å². The van der Waals surface area contributed by atoms with Crippen molar-refractivity contribution < 1.29 is 14.5 Å². The number of hydrogen-bond acceptors (Lipinski definition) is 4. The van der Waals surface area contributed by atoms with Crippen LogP contribution < -0.4 is 9.80 Å². The Labute approximate surface area is 186 Å². The van der Waals surface area contributed by atoms with Crippen LogP contribution in [-0.2, 0) is 4.79 Å². The number of hydrogen-bond donors (Lipinski definition) is 0. The molecule has 0 bridgehead atoms. The summed E-state index contributed by atoms with van der Waals surface area (Å²) in [5, 5.41) is 11.0. The number of para-hydroxylation sites is 2. The monoisotopic (exact) mass is 429 g/mol. The molecule has 0 unspecified atom stereocenters. The highest BCUT2D eigenvalue weighted by Gasteiger charge is 2.38. The van der Waals surface area contributed by atoms with Crippen molar-refractivity contribution in [2.75, 3.05) is 9.80 Å². The molecule has 0 fully saturated rings. The molecule has 1 heterocycles. The van der Waals surface area contributed by atoms with Gasteiger partial charge in [0.1, 0.15) is 0 Å². The van der Waals surface area contributed by atoms with Crippen LogP contribution in [0.3, 0.4) is 0 Å². The Hall–Kier alpha value is -4.00. The van der Waals surface area contributed by atoms with E-state index in [1.54, 1.807) is 16.7 Å². The second-order valence-electron chi connectivity index (χ2n) is 7.86. The smallest absolute Gasteiger partial charge is 0.269 e. The number of non-ortho nitro benzene ring substituents is 1. The summed E-state index contributed by atoms with van der Waals surface area (Å²) in [5.41, 5.74) is 2.69. The van der Waals surface area contributed by atoms with Crippen molar-refractivity contribution in [3.8, 4) is 0 Å². The van der Waals surface area contributed by atoms with Crippen molar-refractivity contribution in [1.82, 2.24) is 0 Å². The van der Waals surface area contributed by atoms with Gasteiger partial charge in [0, 0.05) is 42.0 Å². The van der Waals surface area contributed by atoms with Crippen molar-refractivity contribution in [2.45, 2.75) is 32.4 Å². The highest BCUT2D eigenvalue weighted by Crippen LogP contribution is 2.42. The third-order valence-electron chi connectivity index (χ3n) is 5.79. The molecule has 0 aliphatic carbocycles. The third kappa shape index (κ3) is 3.85. The Morgan fingerprint density at radius 2 is 1.59 bits per heavy atom. The fraction of sp³-hybridized carbons (Fsp3) is 0.200. The summed E-state index contributed by atoms with van der Waals surface area (Å²) in [6.07, 6.45) is 0.560. The van der Waals surface area contributed by atoms with Crippen LogP contribution in [0.4, 0.5) is 17.1 Å². The van der Waals surface area contributed by atoms with Gasteiger partial charge in [0.25, 0.3) is 11.6 Å². The van der Waals surface area contributed by atoms with E-state index in [1.807, 2.05) is 61.5 Å². The predicted octanol–water partition coefficient (Wildman–Crippen LogP) is 5.13. The molecule has 2 amide bonds. The van der Waals surface area contributed by atoms with Crippen molar-refractivity contribution in [3.05, 3.63) is 100 Å². The van der Waals surface area contributed by atoms with E-state index in [1.165, 1.54) is 24.3 Å². The van der Waals surface area contributed by atoms with Crippen LogP contribution in [0, 0.1) is 10.1 Å². The second kappa shape index (κ2) is 8.63. The zero-order valence-electron chi connectivity index (χ0n) is 17.8. The van der Waals surface area contributed by atoms with Crippen LogP contribution in [0.2, 0.25) is 0 Å². The number of carbonyl (C=O) groups excluding carboxylic acids is 2. The van der Waals surface area contributed by atoms with Crippen molar-refractivity contribution in [1.29, 1.82) is 0 Å². The molecule has 32 heavy (non-hydrogen) atoms. The number of nitro groups is 1. The minimum Gasteiger partial charge on any atom is -0.309 e. The van der Waals surface area contributed by atoms with Gasteiger partial charge in [-0.15, -0.1) is 0 Å². The normalized spacial score (nSPS) is 17.4. The van der Waals surface area contributed by atoms with Gasteiger partial charge < -0.3 is 9.80 Å². The Kier molecular flexibility index (Phi) is 5.73. The molecule has 7 heteroatoms. The minimum absolute atomic E-state index is 0.0450. The van der Waals surface area contributed by atoms with Gasteiger partial charge in [0.2, 0.25) is 5.91 Å². The summed E-state index contributed by atoms with van der Waals surface area (Å²) >= 11 is 0. The molecule has 1 aliphatic rings. The lowest BCUT2D eigenvalue weighted by molar-refractivity contribution is -0.384. The predicted molar refractivity (Wildman–Crippen MR) is 123 cm³/mol. The van der Waals surface area contributed by atoms with E-state index in [0.717, 1.165) is 16.9 Å². The molecule has 0 saturated carbocycles. The van der Waals surface area contributed by atoms with Crippen molar-refractivity contribution >= 4 is 28.9 Å². The summed E-state index contributed by atoms with van der Waals surface area (Å²) in [6.45, 7) is 3.52. The van der Waals surface area contributed by atoms with Gasteiger partial charge >= 0.3 is 0 Å². The number of fused-ring (bicyclic) bond motifs is 1. The molecule has 0 saturated heterocycles. The number of nitrogens with zero attached hydrogens (tertiary/aromatic N) is 3. The van der Waals surface area contributed by atoms with Crippen LogP contribution in [0.1, 0.15) is 42.2 Å². The minimum atomic E-state index is -0.487. The topological polar surface area (TPSA) is 83.8 Å². The lowest BCUT2D eigenvalue weighted by Crippen LogP contribution is -2.47. The molecule has 0 radical (unpaired) electrons. The fourth-order valence-electron chi connectivity index (χ4n) is 4.40. The quantitative estimate of drug-likeness (QED) is 0.425. The molecule has 3 aromatic rings. The standard InChI is InChI=1S/C25H23N3O4/c1-17-16-24(22-10-6-7-11-23(22)26(17)18(2)29)27(20-8-4-3-5-9-20)25(30)19-12-14-21(15-13-19)28(31)32/h3-15,17,24H,16H2,1-2H3/t17-,24+/m1/s1. The Bertz CT molecular complexity index is 1160. The van der Waals surface area contributed by atoms with E-state index in [9.17, 15) is 19.7 Å². The lowest BCUT2D eigenvalue weighted by atomic mass is 9.89. The third-order valence-corrected chi connectivity index (χ3v) is 5.79. The largest absolute Gasteiger partial charge is 0.309 e. The van der Waals surface area contributed by atoms with E-state index < -0.39 is 4.92 Å². The first-order valence-electron chi connectivity index (χ1n) is 10.4. The molecule has 162 valence electrons. The average Bonchev–Trinajstić information content (AvgIpc) is 2.79. The van der Waals surface area contributed by atoms with Gasteiger partial charge in [-0.3, -0.25) is 19.7 Å². The van der Waals surface area contributed by atoms with Crippen LogP contribution in [-0.4, -0.2) is 22.8 Å². The van der Waals surface area contributed by atoms with E-state index in [0.29, 0.717) is 12.0 Å². The van der Waals surface area contributed by atoms with Gasteiger partial charge in [-0.1, -0.05) is 36.4 Å². The van der Waals surface area contributed by atoms with E-state index in [4.69, 9.17) is 0 Å². The first kappa shape index (κ1) is 21.2. The van der Waals surface area contributed by atoms with Gasteiger partial charge in [0.15, 0.2) is 0 Å². The summed E-state index contributed by atoms with van der Waals surface area (Å²) in [5.74, 6) is -0.300. The molecule has 2 atom stereocenters. The number of anilines is 2. The molecular weight excluding hydrogens is 406 g/mol. The lowest BCUT2D eigenvalue weighted by Gasteiger charge is -2.43. The number of rotatable bonds is 4. The molecule has 3 aromatic carbocycles. The summed E-state index contributed by atoms with van der Waals surface area (Å²) in [4.78, 5) is 40.1. The molecule has 4 rings (SSSR count). The van der Waals surface area contributed by atoms with E-state index in [-0.39, 0.29) is 29.6 Å². The van der Waals surface area contributed by atoms with Gasteiger partial charge in [-0.25, -0.2) is 0 Å². The summed E-state index contributed by atoms with van der Waals surface area (Å²) < 4.78 is 0. The molecule has 0 spiro atoms. The fourth-order valence-corrected chi connectivity index (χ4v) is 4.40. The first-order valence-corrected chi connectivity index (χ1v) is 10.4. The maximum absolute atomic E-state index is 13.7. The van der Waals surface area contributed by atoms with Crippen molar-refractivity contribution in [3.63, 3.8) is 0 Å². The molecule has 1 aliphatic heterocycles. The summed E-state index contributed by atoms with van der Waals surface area (Å²) in [6, 6.07) is 22.2. The molecule has 0 N–H and O–H groups in total. The number of nitro benzene ring substituents is 1. The number of benzene rings is 3. The van der Waals surface area contributed by atoms with Crippen LogP contribution in [0.25, 0.3) is 0 Å². The van der Waals surface area contributed by atoms with Crippen LogP contribution >= 0.6 is 0 Å². The van der Waals surface area contributed by atoms with E-state index >= 15 is 0 Å². The molecular formula is C25H23N3O4. The Morgan fingerprint density at radius 3 is 2.22 bits per heavy atom. The summed E-state index contributed by atoms with van der Waals surface area (Å²) in [7, 11) is 0. The zero-order valence-corrected chi connectivity index (χ0v) is 17.8. The van der Waals surface area contributed by atoms with Gasteiger partial charge in [-0.05, 0) is 49.2 Å². The maximum atomic E-state index is 13.7. The van der Waals surface area contributed by atoms with Gasteiger partial charge in [-0.2, -0.15) is 0 Å². The number of carbonyl (C=O) groups is 2. The Morgan fingerprint density at radius 1 is 0.969 bits per heavy atom.